The highest BCUT2D eigenvalue weighted by Gasteiger charge is 2.23. The molecule has 1 saturated heterocycles. The van der Waals surface area contributed by atoms with Crippen LogP contribution in [0, 0.1) is 11.6 Å². The fourth-order valence-electron chi connectivity index (χ4n) is 2.33. The molecule has 1 amide bonds. The van der Waals surface area contributed by atoms with Crippen molar-refractivity contribution in [1.82, 2.24) is 4.90 Å². The number of hydrogen-bond acceptors (Lipinski definition) is 3. The predicted octanol–water partition coefficient (Wildman–Crippen LogP) is 2.19. The second-order valence-corrected chi connectivity index (χ2v) is 5.14. The highest BCUT2D eigenvalue weighted by molar-refractivity contribution is 5.85. The largest absolute Gasteiger partial charge is 0.366 e. The minimum atomic E-state index is -0.461. The molecule has 1 fully saturated rings. The lowest BCUT2D eigenvalue weighted by Gasteiger charge is -2.36. The molecule has 1 heterocycles. The average molecular weight is 356 g/mol. The number of piperazine rings is 1. The molecule has 2 rings (SSSR count). The summed E-state index contributed by atoms with van der Waals surface area (Å²) >= 11 is 0. The van der Waals surface area contributed by atoms with Gasteiger partial charge >= 0.3 is 0 Å². The number of carbonyl (C=O) groups excluding carboxylic acids is 1. The van der Waals surface area contributed by atoms with E-state index in [1.807, 2.05) is 0 Å². The monoisotopic (exact) mass is 355 g/mol. The Morgan fingerprint density at radius 1 is 1.23 bits per heavy atom. The van der Waals surface area contributed by atoms with Gasteiger partial charge in [-0.15, -0.1) is 24.8 Å². The SMILES string of the molecule is CC(N)CC(=O)N1CCN(c2cc(F)ccc2F)CC1.Cl.Cl. The van der Waals surface area contributed by atoms with Crippen molar-refractivity contribution >= 4 is 36.4 Å². The lowest BCUT2D eigenvalue weighted by atomic mass is 10.2. The fourth-order valence-corrected chi connectivity index (χ4v) is 2.33. The fraction of sp³-hybridized carbons (Fsp3) is 0.500. The van der Waals surface area contributed by atoms with E-state index in [4.69, 9.17) is 5.73 Å². The molecule has 8 heteroatoms. The van der Waals surface area contributed by atoms with Crippen molar-refractivity contribution in [2.45, 2.75) is 19.4 Å². The Balaban J connectivity index is 0.00000220. The summed E-state index contributed by atoms with van der Waals surface area (Å²) in [5.41, 5.74) is 5.86. The Labute approximate surface area is 141 Å². The van der Waals surface area contributed by atoms with E-state index in [0.29, 0.717) is 32.6 Å². The first-order chi connectivity index (χ1) is 9.47. The standard InChI is InChI=1S/C14H19F2N3O.2ClH/c1-10(17)8-14(20)19-6-4-18(5-7-19)13-9-11(15)2-3-12(13)16;;/h2-3,9-10H,4-8,17H2,1H3;2*1H. The number of halogens is 4. The number of anilines is 1. The van der Waals surface area contributed by atoms with E-state index in [-0.39, 0.29) is 42.5 Å². The third-order valence-electron chi connectivity index (χ3n) is 3.38. The first kappa shape index (κ1) is 20.9. The molecule has 1 aliphatic heterocycles. The molecule has 1 aromatic carbocycles. The number of amides is 1. The molecule has 0 radical (unpaired) electrons. The highest BCUT2D eigenvalue weighted by atomic mass is 35.5. The normalized spacial score (nSPS) is 15.6. The lowest BCUT2D eigenvalue weighted by Crippen LogP contribution is -2.49. The summed E-state index contributed by atoms with van der Waals surface area (Å²) in [6.45, 7) is 3.77. The van der Waals surface area contributed by atoms with Crippen molar-refractivity contribution in [3.05, 3.63) is 29.8 Å². The summed E-state index contributed by atoms with van der Waals surface area (Å²) in [5.74, 6) is -0.891. The average Bonchev–Trinajstić information content (AvgIpc) is 2.41. The van der Waals surface area contributed by atoms with Gasteiger partial charge in [-0.1, -0.05) is 0 Å². The Morgan fingerprint density at radius 2 is 1.82 bits per heavy atom. The minimum absolute atomic E-state index is 0. The van der Waals surface area contributed by atoms with Crippen LogP contribution in [0.1, 0.15) is 13.3 Å². The van der Waals surface area contributed by atoms with Gasteiger partial charge in [0.1, 0.15) is 11.6 Å². The van der Waals surface area contributed by atoms with Crippen molar-refractivity contribution in [2.24, 2.45) is 5.73 Å². The van der Waals surface area contributed by atoms with E-state index >= 15 is 0 Å². The zero-order valence-corrected chi connectivity index (χ0v) is 13.9. The summed E-state index contributed by atoms with van der Waals surface area (Å²) in [6.07, 6.45) is 0.314. The quantitative estimate of drug-likeness (QED) is 0.903. The smallest absolute Gasteiger partial charge is 0.224 e. The Morgan fingerprint density at radius 3 is 2.36 bits per heavy atom. The maximum atomic E-state index is 13.7. The molecule has 4 nitrogen and oxygen atoms in total. The number of hydrogen-bond donors (Lipinski definition) is 1. The van der Waals surface area contributed by atoms with E-state index in [2.05, 4.69) is 0 Å². The van der Waals surface area contributed by atoms with Gasteiger partial charge in [0, 0.05) is 44.7 Å². The molecule has 1 aromatic rings. The van der Waals surface area contributed by atoms with Crippen molar-refractivity contribution in [3.63, 3.8) is 0 Å². The first-order valence-corrected chi connectivity index (χ1v) is 6.70. The number of benzene rings is 1. The van der Waals surface area contributed by atoms with E-state index in [1.165, 1.54) is 6.07 Å². The highest BCUT2D eigenvalue weighted by Crippen LogP contribution is 2.22. The second-order valence-electron chi connectivity index (χ2n) is 5.14. The molecule has 1 unspecified atom stereocenters. The molecule has 1 atom stereocenters. The number of carbonyl (C=O) groups is 1. The van der Waals surface area contributed by atoms with Crippen LogP contribution in [0.15, 0.2) is 18.2 Å². The van der Waals surface area contributed by atoms with E-state index in [1.54, 1.807) is 16.7 Å². The van der Waals surface area contributed by atoms with E-state index in [9.17, 15) is 13.6 Å². The summed E-state index contributed by atoms with van der Waals surface area (Å²) in [4.78, 5) is 15.3. The maximum absolute atomic E-state index is 13.7. The van der Waals surface area contributed by atoms with Crippen LogP contribution in [0.2, 0.25) is 0 Å². The van der Waals surface area contributed by atoms with Gasteiger partial charge in [0.05, 0.1) is 5.69 Å². The van der Waals surface area contributed by atoms with Crippen LogP contribution < -0.4 is 10.6 Å². The maximum Gasteiger partial charge on any atom is 0.224 e. The molecule has 1 aliphatic rings. The Kier molecular flexibility index (Phi) is 8.66. The van der Waals surface area contributed by atoms with Crippen LogP contribution in [0.25, 0.3) is 0 Å². The molecule has 126 valence electrons. The molecular weight excluding hydrogens is 335 g/mol. The van der Waals surface area contributed by atoms with Crippen molar-refractivity contribution in [1.29, 1.82) is 0 Å². The van der Waals surface area contributed by atoms with Crippen LogP contribution >= 0.6 is 24.8 Å². The first-order valence-electron chi connectivity index (χ1n) is 6.70. The van der Waals surface area contributed by atoms with Gasteiger partial charge in [-0.05, 0) is 19.1 Å². The zero-order chi connectivity index (χ0) is 14.7. The summed E-state index contributed by atoms with van der Waals surface area (Å²) < 4.78 is 26.9. The molecule has 0 aliphatic carbocycles. The zero-order valence-electron chi connectivity index (χ0n) is 12.3. The third-order valence-corrected chi connectivity index (χ3v) is 3.38. The number of nitrogens with zero attached hydrogens (tertiary/aromatic N) is 2. The van der Waals surface area contributed by atoms with Crippen LogP contribution in [0.3, 0.4) is 0 Å². The topological polar surface area (TPSA) is 49.6 Å². The molecule has 0 bridgehead atoms. The molecule has 0 aromatic heterocycles. The Hall–Kier alpha value is -1.11. The van der Waals surface area contributed by atoms with Gasteiger partial charge in [-0.3, -0.25) is 4.79 Å². The molecular formula is C14H21Cl2F2N3O. The van der Waals surface area contributed by atoms with Crippen molar-refractivity contribution in [2.75, 3.05) is 31.1 Å². The predicted molar refractivity (Wildman–Crippen MR) is 87.9 cm³/mol. The van der Waals surface area contributed by atoms with E-state index < -0.39 is 11.6 Å². The van der Waals surface area contributed by atoms with Crippen molar-refractivity contribution in [3.8, 4) is 0 Å². The lowest BCUT2D eigenvalue weighted by molar-refractivity contribution is -0.131. The van der Waals surface area contributed by atoms with Gasteiger partial charge in [0.2, 0.25) is 5.91 Å². The van der Waals surface area contributed by atoms with Gasteiger partial charge in [-0.2, -0.15) is 0 Å². The van der Waals surface area contributed by atoms with Crippen LogP contribution in [0.5, 0.6) is 0 Å². The number of rotatable bonds is 3. The summed E-state index contributed by atoms with van der Waals surface area (Å²) in [5, 5.41) is 0. The van der Waals surface area contributed by atoms with Crippen LogP contribution in [-0.2, 0) is 4.79 Å². The van der Waals surface area contributed by atoms with Gasteiger partial charge in [0.25, 0.3) is 0 Å². The van der Waals surface area contributed by atoms with Crippen LogP contribution in [0.4, 0.5) is 14.5 Å². The molecule has 0 saturated carbocycles. The molecule has 0 spiro atoms. The van der Waals surface area contributed by atoms with Crippen molar-refractivity contribution < 1.29 is 13.6 Å². The molecule has 2 N–H and O–H groups in total. The third kappa shape index (κ3) is 5.26. The summed E-state index contributed by atoms with van der Waals surface area (Å²) in [7, 11) is 0. The number of nitrogens with two attached hydrogens (primary N) is 1. The van der Waals surface area contributed by atoms with Gasteiger partial charge in [0.15, 0.2) is 0 Å². The van der Waals surface area contributed by atoms with E-state index in [0.717, 1.165) is 12.1 Å². The Bertz CT molecular complexity index is 495. The minimum Gasteiger partial charge on any atom is -0.366 e. The van der Waals surface area contributed by atoms with Gasteiger partial charge in [-0.25, -0.2) is 8.78 Å². The van der Waals surface area contributed by atoms with Gasteiger partial charge < -0.3 is 15.5 Å². The second kappa shape index (κ2) is 9.12. The van der Waals surface area contributed by atoms with Crippen LogP contribution in [-0.4, -0.2) is 43.0 Å². The molecule has 22 heavy (non-hydrogen) atoms. The summed E-state index contributed by atoms with van der Waals surface area (Å²) in [6, 6.07) is 3.25.